The Morgan fingerprint density at radius 2 is 1.59 bits per heavy atom. The highest BCUT2D eigenvalue weighted by atomic mass is 16.5. The predicted molar refractivity (Wildman–Crippen MR) is 127 cm³/mol. The highest BCUT2D eigenvalue weighted by Gasteiger charge is 2.15. The standard InChI is InChI=1S/C24H35N3O5/c1-17-7-8-19(21(15-17)32-14-13-28-3)16-27-24(25-2)26-12-11-18-9-10-20(29-4)23(31-6)22(18)30-5/h7-10,15H,11-14,16H2,1-6H3,(H2,25,26,27). The molecule has 2 aromatic carbocycles. The van der Waals surface area contributed by atoms with Gasteiger partial charge in [0.1, 0.15) is 12.4 Å². The van der Waals surface area contributed by atoms with Crippen molar-refractivity contribution in [3.63, 3.8) is 0 Å². The molecule has 0 saturated carbocycles. The molecule has 0 atom stereocenters. The second-order valence-corrected chi connectivity index (χ2v) is 7.05. The molecule has 0 unspecified atom stereocenters. The summed E-state index contributed by atoms with van der Waals surface area (Å²) < 4.78 is 27.3. The first-order valence-corrected chi connectivity index (χ1v) is 10.5. The lowest BCUT2D eigenvalue weighted by molar-refractivity contribution is 0.145. The normalized spacial score (nSPS) is 11.1. The van der Waals surface area contributed by atoms with Crippen molar-refractivity contribution in [1.82, 2.24) is 10.6 Å². The quantitative estimate of drug-likeness (QED) is 0.295. The molecule has 0 heterocycles. The maximum Gasteiger partial charge on any atom is 0.203 e. The van der Waals surface area contributed by atoms with E-state index in [1.165, 1.54) is 0 Å². The molecule has 0 saturated heterocycles. The van der Waals surface area contributed by atoms with Crippen LogP contribution in [0.3, 0.4) is 0 Å². The molecule has 0 aliphatic rings. The Hall–Kier alpha value is -3.13. The Bertz CT molecular complexity index is 886. The van der Waals surface area contributed by atoms with Crippen LogP contribution >= 0.6 is 0 Å². The third kappa shape index (κ3) is 6.95. The molecule has 8 heteroatoms. The second-order valence-electron chi connectivity index (χ2n) is 7.05. The molecule has 0 amide bonds. The minimum Gasteiger partial charge on any atom is -0.493 e. The summed E-state index contributed by atoms with van der Waals surface area (Å²) in [6.07, 6.45) is 0.722. The number of methoxy groups -OCH3 is 4. The monoisotopic (exact) mass is 445 g/mol. The summed E-state index contributed by atoms with van der Waals surface area (Å²) in [6, 6.07) is 10.0. The zero-order valence-electron chi connectivity index (χ0n) is 19.9. The average Bonchev–Trinajstić information content (AvgIpc) is 2.81. The zero-order chi connectivity index (χ0) is 23.3. The van der Waals surface area contributed by atoms with Crippen LogP contribution in [0.15, 0.2) is 35.3 Å². The molecule has 2 rings (SSSR count). The van der Waals surface area contributed by atoms with Crippen LogP contribution in [0.2, 0.25) is 0 Å². The number of aliphatic imine (C=N–C) groups is 1. The summed E-state index contributed by atoms with van der Waals surface area (Å²) in [5.41, 5.74) is 3.21. The molecule has 0 aromatic heterocycles. The Morgan fingerprint density at radius 1 is 0.844 bits per heavy atom. The van der Waals surface area contributed by atoms with Crippen LogP contribution in [0.4, 0.5) is 0 Å². The van der Waals surface area contributed by atoms with E-state index in [0.717, 1.165) is 28.9 Å². The van der Waals surface area contributed by atoms with Gasteiger partial charge in [-0.25, -0.2) is 0 Å². The van der Waals surface area contributed by atoms with Crippen LogP contribution in [-0.2, 0) is 17.7 Å². The molecule has 0 bridgehead atoms. The molecule has 0 aliphatic heterocycles. The molecular weight excluding hydrogens is 410 g/mol. The van der Waals surface area contributed by atoms with Crippen molar-refractivity contribution in [2.75, 3.05) is 55.2 Å². The summed E-state index contributed by atoms with van der Waals surface area (Å²) in [5, 5.41) is 6.68. The maximum atomic E-state index is 5.87. The fraction of sp³-hybridized carbons (Fsp3) is 0.458. The molecule has 8 nitrogen and oxygen atoms in total. The number of aryl methyl sites for hydroxylation is 1. The van der Waals surface area contributed by atoms with Gasteiger partial charge in [0.25, 0.3) is 0 Å². The van der Waals surface area contributed by atoms with Gasteiger partial charge in [0, 0.05) is 38.4 Å². The number of guanidine groups is 1. The van der Waals surface area contributed by atoms with E-state index in [0.29, 0.717) is 49.5 Å². The minimum atomic E-state index is 0.507. The fourth-order valence-electron chi connectivity index (χ4n) is 3.25. The van der Waals surface area contributed by atoms with Gasteiger partial charge in [0.2, 0.25) is 5.75 Å². The van der Waals surface area contributed by atoms with E-state index in [1.807, 2.05) is 25.1 Å². The van der Waals surface area contributed by atoms with Crippen molar-refractivity contribution in [2.24, 2.45) is 4.99 Å². The minimum absolute atomic E-state index is 0.507. The van der Waals surface area contributed by atoms with E-state index in [4.69, 9.17) is 23.7 Å². The first kappa shape index (κ1) is 25.1. The molecule has 176 valence electrons. The van der Waals surface area contributed by atoms with Gasteiger partial charge >= 0.3 is 0 Å². The van der Waals surface area contributed by atoms with Crippen molar-refractivity contribution in [3.05, 3.63) is 47.0 Å². The number of nitrogens with zero attached hydrogens (tertiary/aromatic N) is 1. The third-order valence-electron chi connectivity index (χ3n) is 4.91. The van der Waals surface area contributed by atoms with E-state index >= 15 is 0 Å². The van der Waals surface area contributed by atoms with Gasteiger partial charge in [-0.05, 0) is 31.0 Å². The van der Waals surface area contributed by atoms with E-state index in [1.54, 1.807) is 35.5 Å². The van der Waals surface area contributed by atoms with Gasteiger partial charge in [-0.3, -0.25) is 4.99 Å². The highest BCUT2D eigenvalue weighted by Crippen LogP contribution is 2.39. The van der Waals surface area contributed by atoms with Crippen molar-refractivity contribution >= 4 is 5.96 Å². The van der Waals surface area contributed by atoms with Gasteiger partial charge in [0.05, 0.1) is 27.9 Å². The lowest BCUT2D eigenvalue weighted by Gasteiger charge is -2.17. The maximum absolute atomic E-state index is 5.87. The van der Waals surface area contributed by atoms with E-state index in [9.17, 15) is 0 Å². The molecule has 0 aliphatic carbocycles. The first-order chi connectivity index (χ1) is 15.6. The van der Waals surface area contributed by atoms with Gasteiger partial charge in [-0.2, -0.15) is 0 Å². The number of benzene rings is 2. The van der Waals surface area contributed by atoms with E-state index in [2.05, 4.69) is 27.8 Å². The first-order valence-electron chi connectivity index (χ1n) is 10.5. The van der Waals surface area contributed by atoms with E-state index in [-0.39, 0.29) is 0 Å². The topological polar surface area (TPSA) is 82.6 Å². The number of ether oxygens (including phenoxy) is 5. The largest absolute Gasteiger partial charge is 0.493 e. The highest BCUT2D eigenvalue weighted by molar-refractivity contribution is 5.79. The number of rotatable bonds is 12. The van der Waals surface area contributed by atoms with Gasteiger partial charge < -0.3 is 34.3 Å². The number of nitrogens with one attached hydrogen (secondary N) is 2. The van der Waals surface area contributed by atoms with Crippen molar-refractivity contribution < 1.29 is 23.7 Å². The van der Waals surface area contributed by atoms with Crippen molar-refractivity contribution in [1.29, 1.82) is 0 Å². The van der Waals surface area contributed by atoms with Crippen LogP contribution in [0.1, 0.15) is 16.7 Å². The lowest BCUT2D eigenvalue weighted by Crippen LogP contribution is -2.38. The SMILES string of the molecule is CN=C(NCCc1ccc(OC)c(OC)c1OC)NCc1ccc(C)cc1OCCOC. The van der Waals surface area contributed by atoms with Crippen molar-refractivity contribution in [2.45, 2.75) is 19.9 Å². The van der Waals surface area contributed by atoms with E-state index < -0.39 is 0 Å². The Morgan fingerprint density at radius 3 is 2.25 bits per heavy atom. The number of hydrogen-bond donors (Lipinski definition) is 2. The molecule has 2 N–H and O–H groups in total. The second kappa shape index (κ2) is 13.3. The molecule has 0 spiro atoms. The Balaban J connectivity index is 1.96. The van der Waals surface area contributed by atoms with Crippen LogP contribution in [0, 0.1) is 6.92 Å². The molecule has 0 radical (unpaired) electrons. The van der Waals surface area contributed by atoms with Crippen LogP contribution in [-0.4, -0.2) is 61.2 Å². The predicted octanol–water partition coefficient (Wildman–Crippen LogP) is 2.95. The summed E-state index contributed by atoms with van der Waals surface area (Å²) in [5.74, 6) is 3.46. The lowest BCUT2D eigenvalue weighted by atomic mass is 10.1. The smallest absolute Gasteiger partial charge is 0.203 e. The third-order valence-corrected chi connectivity index (χ3v) is 4.91. The molecule has 0 fully saturated rings. The fourth-order valence-corrected chi connectivity index (χ4v) is 3.25. The molecule has 32 heavy (non-hydrogen) atoms. The van der Waals surface area contributed by atoms with Crippen molar-refractivity contribution in [3.8, 4) is 23.0 Å². The van der Waals surface area contributed by atoms with Gasteiger partial charge in [-0.15, -0.1) is 0 Å². The molecule has 2 aromatic rings. The molecular formula is C24H35N3O5. The average molecular weight is 446 g/mol. The Kier molecular flexibility index (Phi) is 10.5. The summed E-state index contributed by atoms with van der Waals surface area (Å²) >= 11 is 0. The summed E-state index contributed by atoms with van der Waals surface area (Å²) in [6.45, 7) is 4.35. The number of hydrogen-bond acceptors (Lipinski definition) is 6. The zero-order valence-corrected chi connectivity index (χ0v) is 19.9. The van der Waals surface area contributed by atoms with Gasteiger partial charge in [-0.1, -0.05) is 18.2 Å². The van der Waals surface area contributed by atoms with Crippen LogP contribution in [0.5, 0.6) is 23.0 Å². The summed E-state index contributed by atoms with van der Waals surface area (Å²) in [4.78, 5) is 4.32. The van der Waals surface area contributed by atoms with Crippen LogP contribution < -0.4 is 29.6 Å². The summed E-state index contributed by atoms with van der Waals surface area (Å²) in [7, 11) is 8.25. The Labute approximate surface area is 190 Å². The van der Waals surface area contributed by atoms with Gasteiger partial charge in [0.15, 0.2) is 17.5 Å². The van der Waals surface area contributed by atoms with Crippen LogP contribution in [0.25, 0.3) is 0 Å².